The number of nitrogens with zero attached hydrogens (tertiary/aromatic N) is 4. The number of piperazine rings is 1. The number of halogens is 1. The van der Waals surface area contributed by atoms with E-state index in [1.165, 1.54) is 12.8 Å². The zero-order chi connectivity index (χ0) is 33.2. The number of methoxy groups -OCH3 is 1. The highest BCUT2D eigenvalue weighted by molar-refractivity contribution is 6.30. The molecule has 1 atom stereocenters. The van der Waals surface area contributed by atoms with Crippen LogP contribution in [0.5, 0.6) is 11.5 Å². The number of benzene rings is 3. The summed E-state index contributed by atoms with van der Waals surface area (Å²) in [5.41, 5.74) is 4.77. The van der Waals surface area contributed by atoms with Gasteiger partial charge in [0, 0.05) is 61.7 Å². The lowest BCUT2D eigenvalue weighted by molar-refractivity contribution is -0.135. The first-order valence-electron chi connectivity index (χ1n) is 16.9. The Morgan fingerprint density at radius 3 is 2.26 bits per heavy atom. The summed E-state index contributed by atoms with van der Waals surface area (Å²) in [6.07, 6.45) is 4.87. The number of carbonyl (C=O) groups is 2. The van der Waals surface area contributed by atoms with Crippen LogP contribution in [0.1, 0.15) is 62.3 Å². The van der Waals surface area contributed by atoms with Crippen LogP contribution in [0.3, 0.4) is 0 Å². The van der Waals surface area contributed by atoms with Crippen LogP contribution in [0.15, 0.2) is 60.7 Å². The second-order valence-corrected chi connectivity index (χ2v) is 14.0. The summed E-state index contributed by atoms with van der Waals surface area (Å²) in [6, 6.07) is 20.0. The van der Waals surface area contributed by atoms with Gasteiger partial charge in [-0.2, -0.15) is 0 Å². The molecule has 0 radical (unpaired) electrons. The molecule has 3 aliphatic rings. The predicted molar refractivity (Wildman–Crippen MR) is 188 cm³/mol. The third-order valence-electron chi connectivity index (χ3n) is 10.1. The highest BCUT2D eigenvalue weighted by Gasteiger charge is 2.38. The van der Waals surface area contributed by atoms with Crippen LogP contribution in [-0.4, -0.2) is 81.1 Å². The molecule has 2 heterocycles. The Bertz CT molecular complexity index is 1570. The average molecular weight is 659 g/mol. The molecule has 2 aliphatic heterocycles. The van der Waals surface area contributed by atoms with E-state index in [4.69, 9.17) is 21.1 Å². The fourth-order valence-corrected chi connectivity index (χ4v) is 7.67. The Kier molecular flexibility index (Phi) is 9.99. The van der Waals surface area contributed by atoms with Gasteiger partial charge in [-0.05, 0) is 99.0 Å². The summed E-state index contributed by atoms with van der Waals surface area (Å²) in [5.74, 6) is 2.19. The number of hydrogen-bond donors (Lipinski definition) is 0. The molecule has 3 aromatic rings. The number of amides is 2. The first kappa shape index (κ1) is 33.2. The maximum Gasteiger partial charge on any atom is 0.236 e. The lowest BCUT2D eigenvalue weighted by Gasteiger charge is -2.41. The van der Waals surface area contributed by atoms with Crippen molar-refractivity contribution < 1.29 is 19.1 Å². The van der Waals surface area contributed by atoms with Crippen LogP contribution in [0.4, 0.5) is 11.4 Å². The largest absolute Gasteiger partial charge is 0.492 e. The van der Waals surface area contributed by atoms with Gasteiger partial charge in [0.05, 0.1) is 32.2 Å². The highest BCUT2D eigenvalue weighted by atomic mass is 35.5. The van der Waals surface area contributed by atoms with Crippen LogP contribution < -0.4 is 19.3 Å². The van der Waals surface area contributed by atoms with E-state index in [-0.39, 0.29) is 24.3 Å². The monoisotopic (exact) mass is 658 g/mol. The number of likely N-dealkylation sites (N-methyl/N-ethyl adjacent to an activating group) is 1. The van der Waals surface area contributed by atoms with Gasteiger partial charge in [0.25, 0.3) is 0 Å². The molecule has 250 valence electrons. The molecule has 0 N–H and O–H groups in total. The number of rotatable bonds is 9. The van der Waals surface area contributed by atoms with Gasteiger partial charge in [0.15, 0.2) is 11.5 Å². The Labute approximate surface area is 284 Å². The maximum atomic E-state index is 13.9. The number of fused-ring (bicyclic) bond motifs is 1. The van der Waals surface area contributed by atoms with Gasteiger partial charge in [0.1, 0.15) is 0 Å². The number of anilines is 2. The Morgan fingerprint density at radius 2 is 1.62 bits per heavy atom. The molecule has 0 aromatic heterocycles. The molecule has 47 heavy (non-hydrogen) atoms. The van der Waals surface area contributed by atoms with E-state index in [1.807, 2.05) is 67.1 Å². The van der Waals surface area contributed by atoms with Crippen molar-refractivity contribution in [3.05, 3.63) is 82.4 Å². The van der Waals surface area contributed by atoms with Gasteiger partial charge in [-0.15, -0.1) is 0 Å². The van der Waals surface area contributed by atoms with E-state index in [2.05, 4.69) is 41.1 Å². The molecule has 0 spiro atoms. The molecule has 2 amide bonds. The van der Waals surface area contributed by atoms with E-state index in [0.717, 1.165) is 60.5 Å². The highest BCUT2D eigenvalue weighted by Crippen LogP contribution is 2.47. The molecule has 8 nitrogen and oxygen atoms in total. The lowest BCUT2D eigenvalue weighted by atomic mass is 9.84. The normalized spacial score (nSPS) is 22.0. The number of ether oxygens (including phenoxy) is 2. The zero-order valence-corrected chi connectivity index (χ0v) is 29.0. The van der Waals surface area contributed by atoms with Gasteiger partial charge in [0.2, 0.25) is 11.8 Å². The summed E-state index contributed by atoms with van der Waals surface area (Å²) in [6.45, 7) is 7.33. The molecule has 1 saturated heterocycles. The minimum Gasteiger partial charge on any atom is -0.492 e. The maximum absolute atomic E-state index is 13.9. The summed E-state index contributed by atoms with van der Waals surface area (Å²) < 4.78 is 12.1. The standard InChI is InChI=1S/C38H47ClN4O4/c1-25(2)47-33-19-10-28-22-34(44)43(37(36(28)38(33)46-5)27-8-11-29(39)12-9-27)32-17-15-30(16-18-32)41(4)23-26-6-13-31(14-7-26)42-21-20-40(3)35(45)24-42/h8-12,15-19,25-26,31,37H,6-7,13-14,20-24H2,1-5H3/t26-,31-,37-/m0/s1. The summed E-state index contributed by atoms with van der Waals surface area (Å²) in [5, 5.41) is 0.641. The molecule has 0 unspecified atom stereocenters. The zero-order valence-electron chi connectivity index (χ0n) is 28.2. The van der Waals surface area contributed by atoms with E-state index in [9.17, 15) is 9.59 Å². The minimum atomic E-state index is -0.413. The van der Waals surface area contributed by atoms with Crippen LogP contribution in [0.2, 0.25) is 5.02 Å². The van der Waals surface area contributed by atoms with Gasteiger partial charge in [-0.1, -0.05) is 29.8 Å². The number of hydrogen-bond acceptors (Lipinski definition) is 6. The molecular formula is C38H47ClN4O4. The van der Waals surface area contributed by atoms with Crippen molar-refractivity contribution in [2.75, 3.05) is 57.2 Å². The molecule has 1 saturated carbocycles. The second-order valence-electron chi connectivity index (χ2n) is 13.6. The molecule has 2 fully saturated rings. The predicted octanol–water partition coefficient (Wildman–Crippen LogP) is 6.58. The van der Waals surface area contributed by atoms with E-state index < -0.39 is 6.04 Å². The SMILES string of the molecule is COc1c(OC(C)C)ccc2c1[C@H](c1ccc(Cl)cc1)N(c1ccc(N(C)C[C@H]3CC[C@H](N4CCN(C)C(=O)C4)CC3)cc1)C(=O)C2. The molecular weight excluding hydrogens is 612 g/mol. The molecule has 9 heteroatoms. The van der Waals surface area contributed by atoms with Crippen molar-refractivity contribution >= 4 is 34.8 Å². The Hall–Kier alpha value is -3.75. The fraction of sp³-hybridized carbons (Fsp3) is 0.474. The summed E-state index contributed by atoms with van der Waals surface area (Å²) >= 11 is 6.30. The fourth-order valence-electron chi connectivity index (χ4n) is 7.55. The van der Waals surface area contributed by atoms with Crippen molar-refractivity contribution in [1.82, 2.24) is 9.80 Å². The summed E-state index contributed by atoms with van der Waals surface area (Å²) in [7, 11) is 5.71. The van der Waals surface area contributed by atoms with Crippen molar-refractivity contribution in [3.63, 3.8) is 0 Å². The molecule has 1 aliphatic carbocycles. The summed E-state index contributed by atoms with van der Waals surface area (Å²) in [4.78, 5) is 34.6. The first-order chi connectivity index (χ1) is 22.6. The lowest BCUT2D eigenvalue weighted by Crippen LogP contribution is -2.53. The van der Waals surface area contributed by atoms with Gasteiger partial charge < -0.3 is 24.2 Å². The van der Waals surface area contributed by atoms with Crippen LogP contribution in [-0.2, 0) is 16.0 Å². The van der Waals surface area contributed by atoms with Gasteiger partial charge in [-0.25, -0.2) is 0 Å². The van der Waals surface area contributed by atoms with Gasteiger partial charge >= 0.3 is 0 Å². The third kappa shape index (κ3) is 7.09. The van der Waals surface area contributed by atoms with Crippen LogP contribution in [0.25, 0.3) is 0 Å². The minimum absolute atomic E-state index is 0.0249. The van der Waals surface area contributed by atoms with E-state index in [0.29, 0.717) is 35.0 Å². The topological polar surface area (TPSA) is 65.6 Å². The molecule has 6 rings (SSSR count). The van der Waals surface area contributed by atoms with Crippen molar-refractivity contribution in [2.45, 2.75) is 64.1 Å². The van der Waals surface area contributed by atoms with E-state index >= 15 is 0 Å². The third-order valence-corrected chi connectivity index (χ3v) is 10.3. The Morgan fingerprint density at radius 1 is 0.915 bits per heavy atom. The van der Waals surface area contributed by atoms with Gasteiger partial charge in [-0.3, -0.25) is 14.5 Å². The second kappa shape index (κ2) is 14.2. The van der Waals surface area contributed by atoms with Crippen LogP contribution in [0, 0.1) is 5.92 Å². The molecule has 3 aromatic carbocycles. The first-order valence-corrected chi connectivity index (χ1v) is 17.2. The van der Waals surface area contributed by atoms with Crippen LogP contribution >= 0.6 is 11.6 Å². The van der Waals surface area contributed by atoms with Crippen molar-refractivity contribution in [3.8, 4) is 11.5 Å². The number of carbonyl (C=O) groups excluding carboxylic acids is 2. The quantitative estimate of drug-likeness (QED) is 0.259. The van der Waals surface area contributed by atoms with Crippen molar-refractivity contribution in [2.24, 2.45) is 5.92 Å². The van der Waals surface area contributed by atoms with E-state index in [1.54, 1.807) is 7.11 Å². The Balaban J connectivity index is 1.21. The molecule has 0 bridgehead atoms. The average Bonchev–Trinajstić information content (AvgIpc) is 3.06. The van der Waals surface area contributed by atoms with Crippen molar-refractivity contribution in [1.29, 1.82) is 0 Å². The smallest absolute Gasteiger partial charge is 0.236 e.